The lowest BCUT2D eigenvalue weighted by molar-refractivity contribution is -0.0277. The quantitative estimate of drug-likeness (QED) is 0.371. The lowest BCUT2D eigenvalue weighted by Gasteiger charge is -2.06. The van der Waals surface area contributed by atoms with Gasteiger partial charge in [-0.2, -0.15) is 0 Å². The number of rotatable bonds is 4. The van der Waals surface area contributed by atoms with E-state index in [1.807, 2.05) is 0 Å². The van der Waals surface area contributed by atoms with Crippen LogP contribution in [0.1, 0.15) is 17.3 Å². The van der Waals surface area contributed by atoms with E-state index >= 15 is 0 Å². The van der Waals surface area contributed by atoms with Gasteiger partial charge in [-0.05, 0) is 13.0 Å². The van der Waals surface area contributed by atoms with E-state index in [1.54, 1.807) is 6.92 Å². The molecule has 0 bridgehead atoms. The normalized spacial score (nSPS) is 10.2. The third-order valence-corrected chi connectivity index (χ3v) is 1.78. The van der Waals surface area contributed by atoms with Crippen molar-refractivity contribution in [2.45, 2.75) is 6.92 Å². The van der Waals surface area contributed by atoms with Crippen molar-refractivity contribution in [2.24, 2.45) is 0 Å². The summed E-state index contributed by atoms with van der Waals surface area (Å²) in [5.74, 6) is -2.80. The van der Waals surface area contributed by atoms with Crippen molar-refractivity contribution < 1.29 is 23.0 Å². The maximum atomic E-state index is 13.2. The molecule has 0 amide bonds. The Kier molecular flexibility index (Phi) is 4.19. The van der Waals surface area contributed by atoms with Crippen LogP contribution in [0.3, 0.4) is 0 Å². The molecule has 88 valence electrons. The smallest absolute Gasteiger partial charge is 0.343 e. The molecule has 0 aliphatic carbocycles. The van der Waals surface area contributed by atoms with E-state index in [4.69, 9.17) is 10.5 Å². The molecule has 16 heavy (non-hydrogen) atoms. The summed E-state index contributed by atoms with van der Waals surface area (Å²) in [5.41, 5.74) is 4.25. The Labute approximate surface area is 91.0 Å². The molecule has 0 radical (unpaired) electrons. The highest BCUT2D eigenvalue weighted by Crippen LogP contribution is 2.17. The maximum absolute atomic E-state index is 13.2. The number of benzene rings is 1. The minimum absolute atomic E-state index is 0.305. The number of hydrogen-bond acceptors (Lipinski definition) is 4. The Morgan fingerprint density at radius 3 is 2.69 bits per heavy atom. The number of ether oxygens (including phenoxy) is 2. The predicted molar refractivity (Wildman–Crippen MR) is 52.7 cm³/mol. The average Bonchev–Trinajstić information content (AvgIpc) is 2.23. The summed E-state index contributed by atoms with van der Waals surface area (Å²) >= 11 is 0. The van der Waals surface area contributed by atoms with E-state index in [-0.39, 0.29) is 12.5 Å². The van der Waals surface area contributed by atoms with Crippen LogP contribution in [0, 0.1) is 11.6 Å². The molecule has 0 atom stereocenters. The largest absolute Gasteiger partial charge is 0.435 e. The summed E-state index contributed by atoms with van der Waals surface area (Å²) in [6, 6.07) is 1.42. The molecule has 0 spiro atoms. The fourth-order valence-corrected chi connectivity index (χ4v) is 0.975. The molecular formula is C10H11F2NO3. The molecule has 1 aromatic carbocycles. The van der Waals surface area contributed by atoms with Gasteiger partial charge >= 0.3 is 5.97 Å². The molecule has 0 fully saturated rings. The summed E-state index contributed by atoms with van der Waals surface area (Å²) < 4.78 is 35.4. The lowest BCUT2D eigenvalue weighted by atomic mass is 10.2. The third kappa shape index (κ3) is 2.90. The zero-order chi connectivity index (χ0) is 12.1. The van der Waals surface area contributed by atoms with Crippen molar-refractivity contribution in [1.82, 2.24) is 0 Å². The molecule has 6 heteroatoms. The minimum atomic E-state index is -0.996. The summed E-state index contributed by atoms with van der Waals surface area (Å²) in [6.45, 7) is 1.75. The molecular weight excluding hydrogens is 220 g/mol. The van der Waals surface area contributed by atoms with Gasteiger partial charge in [0.15, 0.2) is 6.79 Å². The van der Waals surface area contributed by atoms with Crippen molar-refractivity contribution >= 4 is 11.7 Å². The third-order valence-electron chi connectivity index (χ3n) is 1.78. The standard InChI is InChI=1S/C10H11F2NO3/c1-2-15-5-16-10(14)6-3-8(12)9(13)4-7(6)11/h3-4H,2,5,13H2,1H3. The average molecular weight is 231 g/mol. The van der Waals surface area contributed by atoms with Gasteiger partial charge < -0.3 is 15.2 Å². The van der Waals surface area contributed by atoms with Gasteiger partial charge in [0, 0.05) is 12.7 Å². The van der Waals surface area contributed by atoms with Gasteiger partial charge in [0.1, 0.15) is 11.6 Å². The molecule has 0 heterocycles. The van der Waals surface area contributed by atoms with Crippen LogP contribution in [0.25, 0.3) is 0 Å². The highest BCUT2D eigenvalue weighted by Gasteiger charge is 2.16. The number of anilines is 1. The Morgan fingerprint density at radius 1 is 1.38 bits per heavy atom. The summed E-state index contributed by atoms with van der Waals surface area (Å²) in [6.07, 6.45) is 0. The first-order valence-electron chi connectivity index (χ1n) is 4.55. The van der Waals surface area contributed by atoms with Gasteiger partial charge in [-0.3, -0.25) is 0 Å². The SMILES string of the molecule is CCOCOC(=O)c1cc(F)c(N)cc1F. The summed E-state index contributed by atoms with van der Waals surface area (Å²) in [4.78, 5) is 11.3. The van der Waals surface area contributed by atoms with E-state index in [2.05, 4.69) is 4.74 Å². The molecule has 0 aromatic heterocycles. The number of nitrogen functional groups attached to an aromatic ring is 1. The fourth-order valence-electron chi connectivity index (χ4n) is 0.975. The molecule has 0 saturated heterocycles. The predicted octanol–water partition coefficient (Wildman–Crippen LogP) is 1.70. The first-order chi connectivity index (χ1) is 7.56. The van der Waals surface area contributed by atoms with Crippen LogP contribution in [-0.2, 0) is 9.47 Å². The lowest BCUT2D eigenvalue weighted by Crippen LogP contribution is -2.11. The van der Waals surface area contributed by atoms with Gasteiger partial charge in [0.05, 0.1) is 11.3 Å². The molecule has 1 rings (SSSR count). The van der Waals surface area contributed by atoms with Crippen molar-refractivity contribution in [2.75, 3.05) is 19.1 Å². The molecule has 4 nitrogen and oxygen atoms in total. The maximum Gasteiger partial charge on any atom is 0.343 e. The van der Waals surface area contributed by atoms with Gasteiger partial charge in [-0.15, -0.1) is 0 Å². The van der Waals surface area contributed by atoms with E-state index in [0.717, 1.165) is 6.07 Å². The molecule has 2 N–H and O–H groups in total. The second kappa shape index (κ2) is 5.41. The van der Waals surface area contributed by atoms with Crippen LogP contribution in [0.2, 0.25) is 0 Å². The second-order valence-corrected chi connectivity index (χ2v) is 2.90. The van der Waals surface area contributed by atoms with Gasteiger partial charge in [-0.1, -0.05) is 0 Å². The fraction of sp³-hybridized carbons (Fsp3) is 0.300. The zero-order valence-corrected chi connectivity index (χ0v) is 8.63. The first-order valence-corrected chi connectivity index (χ1v) is 4.55. The topological polar surface area (TPSA) is 61.5 Å². The number of esters is 1. The molecule has 0 aliphatic heterocycles. The van der Waals surface area contributed by atoms with Crippen LogP contribution in [-0.4, -0.2) is 19.4 Å². The number of halogens is 2. The van der Waals surface area contributed by atoms with Gasteiger partial charge in [-0.25, -0.2) is 13.6 Å². The van der Waals surface area contributed by atoms with Crippen LogP contribution in [0.5, 0.6) is 0 Å². The monoisotopic (exact) mass is 231 g/mol. The molecule has 0 saturated carbocycles. The number of carbonyl (C=O) groups is 1. The minimum Gasteiger partial charge on any atom is -0.435 e. The number of nitrogens with two attached hydrogens (primary N) is 1. The van der Waals surface area contributed by atoms with E-state index in [9.17, 15) is 13.6 Å². The van der Waals surface area contributed by atoms with E-state index in [0.29, 0.717) is 12.7 Å². The van der Waals surface area contributed by atoms with Crippen LogP contribution in [0.4, 0.5) is 14.5 Å². The van der Waals surface area contributed by atoms with Crippen molar-refractivity contribution in [3.05, 3.63) is 29.3 Å². The van der Waals surface area contributed by atoms with E-state index in [1.165, 1.54) is 0 Å². The van der Waals surface area contributed by atoms with Gasteiger partial charge in [0.2, 0.25) is 0 Å². The Balaban J connectivity index is 2.79. The zero-order valence-electron chi connectivity index (χ0n) is 8.63. The van der Waals surface area contributed by atoms with Crippen molar-refractivity contribution in [3.8, 4) is 0 Å². The number of hydrogen-bond donors (Lipinski definition) is 1. The summed E-state index contributed by atoms with van der Waals surface area (Å²) in [5, 5.41) is 0. The van der Waals surface area contributed by atoms with Crippen molar-refractivity contribution in [1.29, 1.82) is 0 Å². The molecule has 0 aliphatic rings. The van der Waals surface area contributed by atoms with Crippen LogP contribution >= 0.6 is 0 Å². The Morgan fingerprint density at radius 2 is 2.06 bits per heavy atom. The highest BCUT2D eigenvalue weighted by molar-refractivity contribution is 5.90. The summed E-state index contributed by atoms with van der Waals surface area (Å²) in [7, 11) is 0. The molecule has 1 aromatic rings. The van der Waals surface area contributed by atoms with E-state index < -0.39 is 23.2 Å². The Hall–Kier alpha value is -1.69. The van der Waals surface area contributed by atoms with Gasteiger partial charge in [0.25, 0.3) is 0 Å². The Bertz CT molecular complexity index is 396. The van der Waals surface area contributed by atoms with Crippen LogP contribution in [0.15, 0.2) is 12.1 Å². The first kappa shape index (κ1) is 12.4. The second-order valence-electron chi connectivity index (χ2n) is 2.90. The highest BCUT2D eigenvalue weighted by atomic mass is 19.1. The van der Waals surface area contributed by atoms with Crippen molar-refractivity contribution in [3.63, 3.8) is 0 Å². The molecule has 0 unspecified atom stereocenters. The van der Waals surface area contributed by atoms with Crippen LogP contribution < -0.4 is 5.73 Å². The number of carbonyl (C=O) groups excluding carboxylic acids is 1.